The van der Waals surface area contributed by atoms with Crippen LogP contribution in [0.15, 0.2) is 54.6 Å². The van der Waals surface area contributed by atoms with Gasteiger partial charge >= 0.3 is 0 Å². The number of nitrogens with zero attached hydrogens (tertiary/aromatic N) is 1. The number of aromatic nitrogens is 1. The fraction of sp³-hybridized carbons (Fsp3) is 0.167. The second-order valence-electron chi connectivity index (χ2n) is 5.23. The highest BCUT2D eigenvalue weighted by Gasteiger charge is 2.12. The topological polar surface area (TPSA) is 33.1 Å². The minimum absolute atomic E-state index is 0.289. The van der Waals surface area contributed by atoms with Crippen molar-refractivity contribution in [3.63, 3.8) is 0 Å². The third-order valence-electron chi connectivity index (χ3n) is 3.60. The van der Waals surface area contributed by atoms with Gasteiger partial charge in [-0.2, -0.15) is 0 Å². The van der Waals surface area contributed by atoms with Gasteiger partial charge in [0, 0.05) is 11.8 Å². The van der Waals surface area contributed by atoms with Crippen molar-refractivity contribution in [2.24, 2.45) is 0 Å². The van der Waals surface area contributed by atoms with Crippen LogP contribution in [0.5, 0.6) is 0 Å². The summed E-state index contributed by atoms with van der Waals surface area (Å²) in [5.41, 5.74) is 3.32. The van der Waals surface area contributed by atoms with Crippen LogP contribution in [-0.4, -0.2) is 10.1 Å². The summed E-state index contributed by atoms with van der Waals surface area (Å²) in [7, 11) is 0. The van der Waals surface area contributed by atoms with Crippen molar-refractivity contribution in [2.45, 2.75) is 19.4 Å². The van der Waals surface area contributed by atoms with E-state index >= 15 is 0 Å². The molecule has 0 aliphatic heterocycles. The molecule has 2 nitrogen and oxygen atoms in total. The van der Waals surface area contributed by atoms with Crippen molar-refractivity contribution in [3.8, 4) is 0 Å². The average molecular weight is 281 g/mol. The Balaban J connectivity index is 1.92. The Kier molecular flexibility index (Phi) is 3.67. The largest absolute Gasteiger partial charge is 0.386 e. The molecule has 21 heavy (non-hydrogen) atoms. The van der Waals surface area contributed by atoms with E-state index in [9.17, 15) is 9.50 Å². The zero-order valence-corrected chi connectivity index (χ0v) is 11.8. The van der Waals surface area contributed by atoms with Crippen LogP contribution in [0.2, 0.25) is 0 Å². The SMILES string of the molecule is Cc1cc(C(O)Cc2cccc(F)c2)nc2ccccc12. The molecule has 0 fully saturated rings. The molecule has 1 aromatic heterocycles. The number of aliphatic hydroxyl groups excluding tert-OH is 1. The van der Waals surface area contributed by atoms with Gasteiger partial charge in [0.25, 0.3) is 0 Å². The number of pyridine rings is 1. The normalized spacial score (nSPS) is 12.5. The number of aryl methyl sites for hydroxylation is 1. The molecule has 0 aliphatic carbocycles. The molecule has 3 rings (SSSR count). The van der Waals surface area contributed by atoms with Crippen molar-refractivity contribution in [3.05, 3.63) is 77.2 Å². The zero-order chi connectivity index (χ0) is 14.8. The third kappa shape index (κ3) is 2.93. The molecule has 1 unspecified atom stereocenters. The van der Waals surface area contributed by atoms with Gasteiger partial charge in [0.2, 0.25) is 0 Å². The van der Waals surface area contributed by atoms with Gasteiger partial charge in [-0.05, 0) is 42.3 Å². The van der Waals surface area contributed by atoms with Crippen molar-refractivity contribution in [1.82, 2.24) is 4.98 Å². The van der Waals surface area contributed by atoms with Gasteiger partial charge in [-0.3, -0.25) is 4.98 Å². The molecule has 0 saturated heterocycles. The quantitative estimate of drug-likeness (QED) is 0.788. The van der Waals surface area contributed by atoms with Gasteiger partial charge in [0.1, 0.15) is 5.82 Å². The molecule has 0 bridgehead atoms. The minimum Gasteiger partial charge on any atom is -0.386 e. The lowest BCUT2D eigenvalue weighted by Gasteiger charge is -2.13. The van der Waals surface area contributed by atoms with E-state index in [4.69, 9.17) is 0 Å². The number of aliphatic hydroxyl groups is 1. The van der Waals surface area contributed by atoms with Crippen LogP contribution in [0, 0.1) is 12.7 Å². The zero-order valence-electron chi connectivity index (χ0n) is 11.8. The second-order valence-corrected chi connectivity index (χ2v) is 5.23. The van der Waals surface area contributed by atoms with Crippen molar-refractivity contribution in [1.29, 1.82) is 0 Å². The van der Waals surface area contributed by atoms with E-state index in [0.29, 0.717) is 12.1 Å². The van der Waals surface area contributed by atoms with Gasteiger partial charge < -0.3 is 5.11 Å². The molecule has 0 saturated carbocycles. The maximum Gasteiger partial charge on any atom is 0.123 e. The van der Waals surface area contributed by atoms with Gasteiger partial charge in [0.05, 0.1) is 17.3 Å². The predicted molar refractivity (Wildman–Crippen MR) is 81.5 cm³/mol. The molecule has 0 aliphatic rings. The van der Waals surface area contributed by atoms with E-state index in [1.807, 2.05) is 37.3 Å². The van der Waals surface area contributed by atoms with Gasteiger partial charge in [0.15, 0.2) is 0 Å². The summed E-state index contributed by atoms with van der Waals surface area (Å²) in [5.74, 6) is -0.289. The maximum absolute atomic E-state index is 13.2. The van der Waals surface area contributed by atoms with Crippen LogP contribution >= 0.6 is 0 Å². The lowest BCUT2D eigenvalue weighted by Crippen LogP contribution is -2.05. The number of hydrogen-bond acceptors (Lipinski definition) is 2. The van der Waals surface area contributed by atoms with Gasteiger partial charge in [-0.1, -0.05) is 30.3 Å². The van der Waals surface area contributed by atoms with Crippen LogP contribution in [0.25, 0.3) is 10.9 Å². The molecule has 1 N–H and O–H groups in total. The van der Waals surface area contributed by atoms with Crippen LogP contribution in [0.1, 0.15) is 22.9 Å². The second kappa shape index (κ2) is 5.62. The molecule has 3 aromatic rings. The fourth-order valence-corrected chi connectivity index (χ4v) is 2.54. The van der Waals surface area contributed by atoms with E-state index in [1.165, 1.54) is 12.1 Å². The van der Waals surface area contributed by atoms with Crippen LogP contribution in [-0.2, 0) is 6.42 Å². The molecule has 1 atom stereocenters. The lowest BCUT2D eigenvalue weighted by molar-refractivity contribution is 0.174. The molecule has 0 amide bonds. The molecule has 0 spiro atoms. The summed E-state index contributed by atoms with van der Waals surface area (Å²) >= 11 is 0. The van der Waals surface area contributed by atoms with Crippen LogP contribution < -0.4 is 0 Å². The highest BCUT2D eigenvalue weighted by atomic mass is 19.1. The van der Waals surface area contributed by atoms with E-state index in [-0.39, 0.29) is 5.82 Å². The maximum atomic E-state index is 13.2. The predicted octanol–water partition coefficient (Wildman–Crippen LogP) is 3.96. The summed E-state index contributed by atoms with van der Waals surface area (Å²) in [4.78, 5) is 4.51. The number of rotatable bonds is 3. The smallest absolute Gasteiger partial charge is 0.123 e. The fourth-order valence-electron chi connectivity index (χ4n) is 2.54. The van der Waals surface area contributed by atoms with E-state index in [1.54, 1.807) is 12.1 Å². The summed E-state index contributed by atoms with van der Waals surface area (Å²) in [5, 5.41) is 11.4. The molecule has 1 heterocycles. The summed E-state index contributed by atoms with van der Waals surface area (Å²) in [6.45, 7) is 2.00. The van der Waals surface area contributed by atoms with Crippen LogP contribution in [0.4, 0.5) is 4.39 Å². The Morgan fingerprint density at radius 2 is 1.90 bits per heavy atom. The monoisotopic (exact) mass is 281 g/mol. The van der Waals surface area contributed by atoms with Crippen molar-refractivity contribution < 1.29 is 9.50 Å². The summed E-state index contributed by atoms with van der Waals surface area (Å²) in [6, 6.07) is 16.0. The Hall–Kier alpha value is -2.26. The number of para-hydroxylation sites is 1. The highest BCUT2D eigenvalue weighted by Crippen LogP contribution is 2.23. The first-order valence-corrected chi connectivity index (χ1v) is 6.92. The van der Waals surface area contributed by atoms with E-state index in [0.717, 1.165) is 22.0 Å². The summed E-state index contributed by atoms with van der Waals surface area (Å²) in [6.07, 6.45) is -0.391. The van der Waals surface area contributed by atoms with E-state index in [2.05, 4.69) is 4.98 Å². The number of halogens is 1. The van der Waals surface area contributed by atoms with Gasteiger partial charge in [-0.15, -0.1) is 0 Å². The third-order valence-corrected chi connectivity index (χ3v) is 3.60. The Bertz CT molecular complexity index is 785. The molecule has 2 aromatic carbocycles. The molecule has 0 radical (unpaired) electrons. The Morgan fingerprint density at radius 3 is 2.71 bits per heavy atom. The highest BCUT2D eigenvalue weighted by molar-refractivity contribution is 5.82. The molecule has 106 valence electrons. The molecular formula is C18H16FNO. The number of benzene rings is 2. The van der Waals surface area contributed by atoms with Gasteiger partial charge in [-0.25, -0.2) is 4.39 Å². The van der Waals surface area contributed by atoms with E-state index < -0.39 is 6.10 Å². The minimum atomic E-state index is -0.741. The first-order valence-electron chi connectivity index (χ1n) is 6.92. The standard InChI is InChI=1S/C18H16FNO/c1-12-9-17(20-16-8-3-2-7-15(12)16)18(21)11-13-5-4-6-14(19)10-13/h2-10,18,21H,11H2,1H3. The van der Waals surface area contributed by atoms with Crippen molar-refractivity contribution in [2.75, 3.05) is 0 Å². The first kappa shape index (κ1) is 13.7. The average Bonchev–Trinajstić information content (AvgIpc) is 2.47. The summed E-state index contributed by atoms with van der Waals surface area (Å²) < 4.78 is 13.2. The van der Waals surface area contributed by atoms with Crippen LogP contribution in [0.3, 0.4) is 0 Å². The lowest BCUT2D eigenvalue weighted by atomic mass is 10.0. The number of fused-ring (bicyclic) bond motifs is 1. The van der Waals surface area contributed by atoms with Crippen molar-refractivity contribution >= 4 is 10.9 Å². The Labute approximate surface area is 122 Å². The number of hydrogen-bond donors (Lipinski definition) is 1. The Morgan fingerprint density at radius 1 is 1.10 bits per heavy atom. The molecule has 3 heteroatoms. The molecular weight excluding hydrogens is 265 g/mol. The first-order chi connectivity index (χ1) is 10.1.